The summed E-state index contributed by atoms with van der Waals surface area (Å²) in [6.45, 7) is 0. The van der Waals surface area contributed by atoms with Crippen molar-refractivity contribution in [3.05, 3.63) is 171 Å². The van der Waals surface area contributed by atoms with Crippen molar-refractivity contribution < 1.29 is 14.4 Å². The van der Waals surface area contributed by atoms with Gasteiger partial charge < -0.3 is 16.0 Å². The van der Waals surface area contributed by atoms with E-state index in [-0.39, 0.29) is 11.6 Å². The summed E-state index contributed by atoms with van der Waals surface area (Å²) in [7, 11) is 0. The molecule has 3 N–H and O–H groups in total. The Balaban J connectivity index is 1.20. The zero-order valence-corrected chi connectivity index (χ0v) is 29.3. The lowest BCUT2D eigenvalue weighted by atomic mass is 10.1. The number of rotatable bonds is 11. The quantitative estimate of drug-likeness (QED) is 0.0909. The van der Waals surface area contributed by atoms with Crippen LogP contribution in [0.15, 0.2) is 149 Å². The van der Waals surface area contributed by atoms with Crippen LogP contribution < -0.4 is 16.0 Å². The van der Waals surface area contributed by atoms with E-state index in [9.17, 15) is 14.4 Å². The second kappa shape index (κ2) is 16.5. The number of amides is 3. The summed E-state index contributed by atoms with van der Waals surface area (Å²) >= 11 is 14.9. The van der Waals surface area contributed by atoms with E-state index < -0.39 is 17.1 Å². The fourth-order valence-electron chi connectivity index (χ4n) is 4.83. The normalized spacial score (nSPS) is 11.8. The van der Waals surface area contributed by atoms with Crippen LogP contribution in [0, 0.1) is 0 Å². The standard InChI is InChI=1S/C39H28Cl2N4O3S2/c40-31-20-19-28(22-32(31)41)34-24-49-39(44-34)45-38(48)35(26-13-6-2-7-14-26)50-30-18-10-17-29(23-30)42-37(47)33(21-25-11-4-1-5-12-25)43-36(46)27-15-8-3-9-16-27/h1-24,35H,(H,42,47)(H,43,46)(H,44,45,48)/b33-21-. The summed E-state index contributed by atoms with van der Waals surface area (Å²) in [4.78, 5) is 45.8. The zero-order chi connectivity index (χ0) is 34.9. The van der Waals surface area contributed by atoms with Crippen molar-refractivity contribution in [3.8, 4) is 11.3 Å². The molecule has 6 rings (SSSR count). The number of anilines is 2. The first kappa shape index (κ1) is 34.7. The van der Waals surface area contributed by atoms with E-state index in [0.29, 0.717) is 32.1 Å². The third-order valence-corrected chi connectivity index (χ3v) is 10.0. The predicted molar refractivity (Wildman–Crippen MR) is 205 cm³/mol. The van der Waals surface area contributed by atoms with Gasteiger partial charge in [0.25, 0.3) is 11.8 Å². The second-order valence-corrected chi connectivity index (χ2v) is 13.7. The summed E-state index contributed by atoms with van der Waals surface area (Å²) in [6, 6.07) is 39.8. The number of nitrogens with one attached hydrogen (secondary N) is 3. The molecule has 0 aliphatic rings. The maximum absolute atomic E-state index is 13.8. The summed E-state index contributed by atoms with van der Waals surface area (Å²) < 4.78 is 0. The Morgan fingerprint density at radius 3 is 2.16 bits per heavy atom. The van der Waals surface area contributed by atoms with Crippen LogP contribution in [-0.4, -0.2) is 22.7 Å². The van der Waals surface area contributed by atoms with Crippen LogP contribution >= 0.6 is 46.3 Å². The molecule has 1 unspecified atom stereocenters. The van der Waals surface area contributed by atoms with Gasteiger partial charge >= 0.3 is 0 Å². The topological polar surface area (TPSA) is 100 Å². The highest BCUT2D eigenvalue weighted by Crippen LogP contribution is 2.38. The Kier molecular flexibility index (Phi) is 11.4. The summed E-state index contributed by atoms with van der Waals surface area (Å²) in [6.07, 6.45) is 1.62. The van der Waals surface area contributed by atoms with Gasteiger partial charge in [-0.25, -0.2) is 4.98 Å². The molecule has 6 aromatic rings. The Hall–Kier alpha value is -5.19. The first-order valence-corrected chi connectivity index (χ1v) is 17.8. The lowest BCUT2D eigenvalue weighted by Crippen LogP contribution is -2.30. The van der Waals surface area contributed by atoms with E-state index in [1.807, 2.05) is 84.2 Å². The average molecular weight is 736 g/mol. The number of halogens is 2. The molecule has 50 heavy (non-hydrogen) atoms. The largest absolute Gasteiger partial charge is 0.321 e. The van der Waals surface area contributed by atoms with Crippen molar-refractivity contribution in [1.29, 1.82) is 0 Å². The molecule has 0 fully saturated rings. The van der Waals surface area contributed by atoms with Crippen molar-refractivity contribution in [2.75, 3.05) is 10.6 Å². The fourth-order valence-corrected chi connectivity index (χ4v) is 6.94. The second-order valence-electron chi connectivity index (χ2n) is 10.8. The lowest BCUT2D eigenvalue weighted by molar-refractivity contribution is -0.116. The number of hydrogen-bond acceptors (Lipinski definition) is 6. The molecule has 1 atom stereocenters. The first-order chi connectivity index (χ1) is 24.3. The number of thioether (sulfide) groups is 1. The number of hydrogen-bond donors (Lipinski definition) is 3. The maximum atomic E-state index is 13.8. The van der Waals surface area contributed by atoms with Crippen LogP contribution in [0.5, 0.6) is 0 Å². The SMILES string of the molecule is O=C(Nc1cccc(SC(C(=O)Nc2nc(-c3ccc(Cl)c(Cl)c3)cs2)c2ccccc2)c1)/C(=C/c1ccccc1)NC(=O)c1ccccc1. The zero-order valence-electron chi connectivity index (χ0n) is 26.2. The Morgan fingerprint density at radius 1 is 0.740 bits per heavy atom. The van der Waals surface area contributed by atoms with Gasteiger partial charge in [-0.05, 0) is 59.7 Å². The van der Waals surface area contributed by atoms with E-state index in [0.717, 1.165) is 21.6 Å². The summed E-state index contributed by atoms with van der Waals surface area (Å²) in [5.74, 6) is -1.17. The van der Waals surface area contributed by atoms with Crippen LogP contribution in [0.4, 0.5) is 10.8 Å². The molecule has 0 spiro atoms. The highest BCUT2D eigenvalue weighted by Gasteiger charge is 2.24. The van der Waals surface area contributed by atoms with Crippen molar-refractivity contribution in [2.24, 2.45) is 0 Å². The molecule has 248 valence electrons. The van der Waals surface area contributed by atoms with Gasteiger partial charge in [-0.2, -0.15) is 0 Å². The van der Waals surface area contributed by atoms with Crippen molar-refractivity contribution in [3.63, 3.8) is 0 Å². The van der Waals surface area contributed by atoms with E-state index in [2.05, 4.69) is 20.9 Å². The minimum absolute atomic E-state index is 0.0772. The number of carbonyl (C=O) groups is 3. The molecule has 11 heteroatoms. The fraction of sp³-hybridized carbons (Fsp3) is 0.0256. The lowest BCUT2D eigenvalue weighted by Gasteiger charge is -2.17. The monoisotopic (exact) mass is 734 g/mol. The molecular weight excluding hydrogens is 707 g/mol. The highest BCUT2D eigenvalue weighted by molar-refractivity contribution is 8.00. The average Bonchev–Trinajstić information content (AvgIpc) is 3.61. The summed E-state index contributed by atoms with van der Waals surface area (Å²) in [5, 5.41) is 11.1. The van der Waals surface area contributed by atoms with Crippen molar-refractivity contribution in [1.82, 2.24) is 10.3 Å². The molecule has 0 bridgehead atoms. The Labute approximate surface area is 307 Å². The van der Waals surface area contributed by atoms with Crippen LogP contribution in [0.3, 0.4) is 0 Å². The maximum Gasteiger partial charge on any atom is 0.272 e. The van der Waals surface area contributed by atoms with Gasteiger partial charge in [0, 0.05) is 27.1 Å². The third-order valence-electron chi connectivity index (χ3n) is 7.28. The third kappa shape index (κ3) is 9.07. The van der Waals surface area contributed by atoms with E-state index in [4.69, 9.17) is 23.2 Å². The minimum atomic E-state index is -0.641. The minimum Gasteiger partial charge on any atom is -0.321 e. The molecule has 0 radical (unpaired) electrons. The molecule has 5 aromatic carbocycles. The molecule has 1 aromatic heterocycles. The van der Waals surface area contributed by atoms with Crippen LogP contribution in [0.25, 0.3) is 17.3 Å². The highest BCUT2D eigenvalue weighted by atomic mass is 35.5. The number of nitrogens with zero attached hydrogens (tertiary/aromatic N) is 1. The van der Waals surface area contributed by atoms with Gasteiger partial charge in [-0.1, -0.05) is 114 Å². The summed E-state index contributed by atoms with van der Waals surface area (Å²) in [5.41, 5.74) is 3.98. The number of aromatic nitrogens is 1. The van der Waals surface area contributed by atoms with Gasteiger partial charge in [0.15, 0.2) is 5.13 Å². The smallest absolute Gasteiger partial charge is 0.272 e. The van der Waals surface area contributed by atoms with Gasteiger partial charge in [-0.15, -0.1) is 23.1 Å². The number of carbonyl (C=O) groups excluding carboxylic acids is 3. The van der Waals surface area contributed by atoms with E-state index >= 15 is 0 Å². The molecule has 1 heterocycles. The van der Waals surface area contributed by atoms with E-state index in [1.165, 1.54) is 23.1 Å². The van der Waals surface area contributed by atoms with Gasteiger partial charge in [-0.3, -0.25) is 14.4 Å². The van der Waals surface area contributed by atoms with Gasteiger partial charge in [0.1, 0.15) is 10.9 Å². The van der Waals surface area contributed by atoms with Crippen LogP contribution in [0.1, 0.15) is 26.7 Å². The van der Waals surface area contributed by atoms with Crippen LogP contribution in [0.2, 0.25) is 10.0 Å². The molecule has 7 nitrogen and oxygen atoms in total. The first-order valence-electron chi connectivity index (χ1n) is 15.3. The molecule has 0 saturated carbocycles. The molecular formula is C39H28Cl2N4O3S2. The van der Waals surface area contributed by atoms with Gasteiger partial charge in [0.2, 0.25) is 5.91 Å². The Bertz CT molecular complexity index is 2160. The predicted octanol–water partition coefficient (Wildman–Crippen LogP) is 10.00. The van der Waals surface area contributed by atoms with Crippen molar-refractivity contribution in [2.45, 2.75) is 10.1 Å². The van der Waals surface area contributed by atoms with Crippen molar-refractivity contribution >= 4 is 80.9 Å². The molecule has 0 aliphatic heterocycles. The van der Waals surface area contributed by atoms with Crippen LogP contribution in [-0.2, 0) is 9.59 Å². The number of benzene rings is 5. The van der Waals surface area contributed by atoms with E-state index in [1.54, 1.807) is 60.7 Å². The molecule has 0 saturated heterocycles. The van der Waals surface area contributed by atoms with Gasteiger partial charge in [0.05, 0.1) is 15.7 Å². The Morgan fingerprint density at radius 2 is 1.44 bits per heavy atom. The number of thiazole rings is 1. The molecule has 0 aliphatic carbocycles. The molecule has 3 amide bonds.